The van der Waals surface area contributed by atoms with Crippen molar-refractivity contribution < 1.29 is 0 Å². The standard InChI is InChI=1S/C14H17ClN4S/c1-9-13-14(18(3)17-9)19(12(16-13)4-6-15)10(2)11-5-7-20-8-11/h5,7-8,10H,4,6H2,1-3H3. The molecule has 0 aliphatic rings. The Morgan fingerprint density at radius 2 is 2.25 bits per heavy atom. The number of alkyl halides is 1. The highest BCUT2D eigenvalue weighted by atomic mass is 35.5. The molecule has 3 rings (SSSR count). The van der Waals surface area contributed by atoms with Gasteiger partial charge in [-0.2, -0.15) is 16.4 Å². The molecule has 20 heavy (non-hydrogen) atoms. The number of thiophene rings is 1. The van der Waals surface area contributed by atoms with Gasteiger partial charge < -0.3 is 4.57 Å². The first kappa shape index (κ1) is 13.6. The molecule has 0 saturated heterocycles. The van der Waals surface area contributed by atoms with E-state index >= 15 is 0 Å². The summed E-state index contributed by atoms with van der Waals surface area (Å²) < 4.78 is 4.18. The van der Waals surface area contributed by atoms with Gasteiger partial charge >= 0.3 is 0 Å². The zero-order valence-corrected chi connectivity index (χ0v) is 13.4. The lowest BCUT2D eigenvalue weighted by Crippen LogP contribution is -2.13. The molecule has 106 valence electrons. The molecule has 6 heteroatoms. The largest absolute Gasteiger partial charge is 0.305 e. The van der Waals surface area contributed by atoms with Gasteiger partial charge in [-0.3, -0.25) is 4.68 Å². The fourth-order valence-corrected chi connectivity index (χ4v) is 3.59. The summed E-state index contributed by atoms with van der Waals surface area (Å²) in [5, 5.41) is 8.77. The van der Waals surface area contributed by atoms with Gasteiger partial charge in [-0.1, -0.05) is 0 Å². The quantitative estimate of drug-likeness (QED) is 0.691. The van der Waals surface area contributed by atoms with E-state index < -0.39 is 0 Å². The predicted molar refractivity (Wildman–Crippen MR) is 83.8 cm³/mol. The molecule has 1 unspecified atom stereocenters. The Hall–Kier alpha value is -1.33. The summed E-state index contributed by atoms with van der Waals surface area (Å²) in [4.78, 5) is 4.75. The molecule has 4 nitrogen and oxygen atoms in total. The molecule has 3 heterocycles. The third kappa shape index (κ3) is 2.05. The van der Waals surface area contributed by atoms with Gasteiger partial charge in [-0.25, -0.2) is 4.98 Å². The summed E-state index contributed by atoms with van der Waals surface area (Å²) in [6.07, 6.45) is 0.768. The maximum atomic E-state index is 5.94. The maximum absolute atomic E-state index is 5.94. The molecule has 0 radical (unpaired) electrons. The van der Waals surface area contributed by atoms with Gasteiger partial charge in [0.2, 0.25) is 0 Å². The van der Waals surface area contributed by atoms with Gasteiger partial charge in [0.05, 0.1) is 11.7 Å². The van der Waals surface area contributed by atoms with Gasteiger partial charge in [-0.15, -0.1) is 11.6 Å². The number of imidazole rings is 1. The van der Waals surface area contributed by atoms with E-state index in [2.05, 4.69) is 33.4 Å². The second-order valence-corrected chi connectivity index (χ2v) is 6.11. The first-order valence-corrected chi connectivity index (χ1v) is 8.09. The van der Waals surface area contributed by atoms with E-state index in [0.717, 1.165) is 29.1 Å². The molecule has 0 N–H and O–H groups in total. The minimum atomic E-state index is 0.235. The van der Waals surface area contributed by atoms with Crippen molar-refractivity contribution in [3.8, 4) is 0 Å². The second-order valence-electron chi connectivity index (χ2n) is 4.95. The zero-order chi connectivity index (χ0) is 14.3. The van der Waals surface area contributed by atoms with Crippen molar-refractivity contribution >= 4 is 34.1 Å². The average Bonchev–Trinajstić information content (AvgIpc) is 3.09. The van der Waals surface area contributed by atoms with Crippen molar-refractivity contribution in [1.82, 2.24) is 19.3 Å². The monoisotopic (exact) mass is 308 g/mol. The summed E-state index contributed by atoms with van der Waals surface area (Å²) >= 11 is 7.66. The van der Waals surface area contributed by atoms with Gasteiger partial charge in [0.1, 0.15) is 11.3 Å². The maximum Gasteiger partial charge on any atom is 0.159 e. The summed E-state index contributed by atoms with van der Waals surface area (Å²) in [7, 11) is 1.97. The third-order valence-electron chi connectivity index (χ3n) is 3.64. The third-order valence-corrected chi connectivity index (χ3v) is 4.53. The topological polar surface area (TPSA) is 35.6 Å². The lowest BCUT2D eigenvalue weighted by Gasteiger charge is -2.16. The lowest BCUT2D eigenvalue weighted by atomic mass is 10.2. The molecule has 0 bridgehead atoms. The second kappa shape index (κ2) is 5.22. The molecule has 0 saturated carbocycles. The predicted octanol–water partition coefficient (Wildman–Crippen LogP) is 3.53. The van der Waals surface area contributed by atoms with E-state index in [1.165, 1.54) is 5.56 Å². The molecular weight excluding hydrogens is 292 g/mol. The van der Waals surface area contributed by atoms with Crippen molar-refractivity contribution in [1.29, 1.82) is 0 Å². The Morgan fingerprint density at radius 3 is 2.90 bits per heavy atom. The van der Waals surface area contributed by atoms with Crippen molar-refractivity contribution in [2.24, 2.45) is 7.05 Å². The molecular formula is C14H17ClN4S. The minimum absolute atomic E-state index is 0.235. The number of nitrogens with zero attached hydrogens (tertiary/aromatic N) is 4. The Morgan fingerprint density at radius 1 is 1.45 bits per heavy atom. The summed E-state index contributed by atoms with van der Waals surface area (Å²) in [6.45, 7) is 4.20. The smallest absolute Gasteiger partial charge is 0.159 e. The number of hydrogen-bond acceptors (Lipinski definition) is 3. The molecule has 0 aromatic carbocycles. The average molecular weight is 309 g/mol. The molecule has 0 fully saturated rings. The highest BCUT2D eigenvalue weighted by Crippen LogP contribution is 2.28. The fraction of sp³-hybridized carbons (Fsp3) is 0.429. The number of fused-ring (bicyclic) bond motifs is 1. The van der Waals surface area contributed by atoms with Crippen molar-refractivity contribution in [2.45, 2.75) is 26.3 Å². The molecule has 0 aliphatic carbocycles. The number of hydrogen-bond donors (Lipinski definition) is 0. The number of aromatic nitrogens is 4. The minimum Gasteiger partial charge on any atom is -0.305 e. The highest BCUT2D eigenvalue weighted by Gasteiger charge is 2.21. The highest BCUT2D eigenvalue weighted by molar-refractivity contribution is 7.07. The van der Waals surface area contributed by atoms with Gasteiger partial charge in [0, 0.05) is 19.3 Å². The van der Waals surface area contributed by atoms with E-state index in [9.17, 15) is 0 Å². The van der Waals surface area contributed by atoms with Crippen LogP contribution in [0.1, 0.15) is 30.0 Å². The first-order chi connectivity index (χ1) is 9.63. The van der Waals surface area contributed by atoms with E-state index in [-0.39, 0.29) is 6.04 Å². The van der Waals surface area contributed by atoms with Crippen LogP contribution in [0.15, 0.2) is 16.8 Å². The van der Waals surface area contributed by atoms with Crippen LogP contribution in [-0.2, 0) is 13.5 Å². The molecule has 0 aliphatic heterocycles. The molecule has 3 aromatic heterocycles. The van der Waals surface area contributed by atoms with Crippen LogP contribution in [0.4, 0.5) is 0 Å². The first-order valence-electron chi connectivity index (χ1n) is 6.62. The van der Waals surface area contributed by atoms with Crippen LogP contribution in [0.3, 0.4) is 0 Å². The fourth-order valence-electron chi connectivity index (χ4n) is 2.67. The number of aryl methyl sites for hydroxylation is 3. The normalized spacial score (nSPS) is 13.2. The van der Waals surface area contributed by atoms with Crippen LogP contribution in [0.25, 0.3) is 11.2 Å². The Labute approximate surface area is 127 Å². The van der Waals surface area contributed by atoms with Crippen LogP contribution in [0, 0.1) is 6.92 Å². The van der Waals surface area contributed by atoms with Crippen molar-refractivity contribution in [2.75, 3.05) is 5.88 Å². The summed E-state index contributed by atoms with van der Waals surface area (Å²) in [5.41, 5.74) is 4.31. The van der Waals surface area contributed by atoms with E-state index in [1.54, 1.807) is 11.3 Å². The lowest BCUT2D eigenvalue weighted by molar-refractivity contribution is 0.601. The van der Waals surface area contributed by atoms with Crippen LogP contribution in [-0.4, -0.2) is 25.2 Å². The molecule has 1 atom stereocenters. The van der Waals surface area contributed by atoms with Gasteiger partial charge in [-0.05, 0) is 36.2 Å². The van der Waals surface area contributed by atoms with E-state index in [4.69, 9.17) is 16.6 Å². The number of rotatable bonds is 4. The molecule has 0 amide bonds. The molecule has 0 spiro atoms. The van der Waals surface area contributed by atoms with Gasteiger partial charge in [0.25, 0.3) is 0 Å². The molecule has 3 aromatic rings. The van der Waals surface area contributed by atoms with E-state index in [0.29, 0.717) is 5.88 Å². The van der Waals surface area contributed by atoms with Crippen LogP contribution < -0.4 is 0 Å². The zero-order valence-electron chi connectivity index (χ0n) is 11.8. The summed E-state index contributed by atoms with van der Waals surface area (Å²) in [6, 6.07) is 2.40. The van der Waals surface area contributed by atoms with Crippen LogP contribution in [0.2, 0.25) is 0 Å². The summed E-state index contributed by atoms with van der Waals surface area (Å²) in [5.74, 6) is 1.61. The Balaban J connectivity index is 2.23. The SMILES string of the molecule is Cc1nn(C)c2c1nc(CCCl)n2C(C)c1ccsc1. The van der Waals surface area contributed by atoms with Gasteiger partial charge in [0.15, 0.2) is 5.65 Å². The Kier molecular flexibility index (Phi) is 3.56. The van der Waals surface area contributed by atoms with E-state index in [1.807, 2.05) is 18.7 Å². The Bertz CT molecular complexity index is 726. The van der Waals surface area contributed by atoms with Crippen LogP contribution >= 0.6 is 22.9 Å². The van der Waals surface area contributed by atoms with Crippen molar-refractivity contribution in [3.63, 3.8) is 0 Å². The number of halogens is 1. The van der Waals surface area contributed by atoms with Crippen molar-refractivity contribution in [3.05, 3.63) is 33.9 Å². The van der Waals surface area contributed by atoms with Crippen LogP contribution in [0.5, 0.6) is 0 Å².